The standard InChI is InChI=1S/C11H19NO3/c1-3-4-5-10(13)12-7-6-9(8(12)2)11(14)15/h8-9H,3-7H2,1-2H3,(H,14,15). The number of carboxylic acids is 1. The van der Waals surface area contributed by atoms with Gasteiger partial charge in [0, 0.05) is 19.0 Å². The fourth-order valence-corrected chi connectivity index (χ4v) is 2.09. The number of carbonyl (C=O) groups is 2. The van der Waals surface area contributed by atoms with Crippen molar-refractivity contribution in [3.8, 4) is 0 Å². The van der Waals surface area contributed by atoms with Crippen molar-refractivity contribution >= 4 is 11.9 Å². The molecule has 1 heterocycles. The molecular weight excluding hydrogens is 194 g/mol. The molecule has 0 spiro atoms. The average molecular weight is 213 g/mol. The maximum atomic E-state index is 11.7. The fourth-order valence-electron chi connectivity index (χ4n) is 2.09. The molecular formula is C11H19NO3. The van der Waals surface area contributed by atoms with Crippen molar-refractivity contribution in [1.29, 1.82) is 0 Å². The Morgan fingerprint density at radius 3 is 2.60 bits per heavy atom. The van der Waals surface area contributed by atoms with Gasteiger partial charge in [0.1, 0.15) is 0 Å². The van der Waals surface area contributed by atoms with Crippen molar-refractivity contribution in [3.05, 3.63) is 0 Å². The van der Waals surface area contributed by atoms with E-state index in [2.05, 4.69) is 0 Å². The first-order chi connectivity index (χ1) is 7.07. The van der Waals surface area contributed by atoms with Crippen LogP contribution in [0.15, 0.2) is 0 Å². The Balaban J connectivity index is 2.51. The SMILES string of the molecule is CCCCC(=O)N1CCC(C(=O)O)C1C. The summed E-state index contributed by atoms with van der Waals surface area (Å²) < 4.78 is 0. The van der Waals surface area contributed by atoms with Crippen LogP contribution in [0.2, 0.25) is 0 Å². The summed E-state index contributed by atoms with van der Waals surface area (Å²) in [6.45, 7) is 4.47. The molecule has 2 atom stereocenters. The van der Waals surface area contributed by atoms with E-state index >= 15 is 0 Å². The average Bonchev–Trinajstić information content (AvgIpc) is 2.56. The summed E-state index contributed by atoms with van der Waals surface area (Å²) in [5, 5.41) is 8.92. The van der Waals surface area contributed by atoms with Gasteiger partial charge in [0.25, 0.3) is 0 Å². The Kier molecular flexibility index (Phi) is 4.12. The summed E-state index contributed by atoms with van der Waals surface area (Å²) in [7, 11) is 0. The number of carboxylic acid groups (broad SMARTS) is 1. The highest BCUT2D eigenvalue weighted by Gasteiger charge is 2.37. The van der Waals surface area contributed by atoms with E-state index in [0.29, 0.717) is 19.4 Å². The minimum atomic E-state index is -0.784. The largest absolute Gasteiger partial charge is 0.481 e. The zero-order valence-electron chi connectivity index (χ0n) is 9.40. The molecule has 0 saturated carbocycles. The van der Waals surface area contributed by atoms with Crippen molar-refractivity contribution in [1.82, 2.24) is 4.90 Å². The normalized spacial score (nSPS) is 25.6. The van der Waals surface area contributed by atoms with Crippen LogP contribution in [0.3, 0.4) is 0 Å². The lowest BCUT2D eigenvalue weighted by Gasteiger charge is -2.23. The van der Waals surface area contributed by atoms with Gasteiger partial charge < -0.3 is 10.0 Å². The van der Waals surface area contributed by atoms with Crippen molar-refractivity contribution in [2.75, 3.05) is 6.54 Å². The molecule has 1 saturated heterocycles. The highest BCUT2D eigenvalue weighted by Crippen LogP contribution is 2.25. The number of rotatable bonds is 4. The third-order valence-electron chi connectivity index (χ3n) is 3.14. The van der Waals surface area contributed by atoms with Crippen LogP contribution in [-0.2, 0) is 9.59 Å². The van der Waals surface area contributed by atoms with Crippen LogP contribution in [0.1, 0.15) is 39.5 Å². The zero-order valence-corrected chi connectivity index (χ0v) is 9.40. The van der Waals surface area contributed by atoms with Crippen LogP contribution in [0.25, 0.3) is 0 Å². The first kappa shape index (κ1) is 12.0. The van der Waals surface area contributed by atoms with Crippen LogP contribution in [0.4, 0.5) is 0 Å². The second-order valence-corrected chi connectivity index (χ2v) is 4.16. The van der Waals surface area contributed by atoms with E-state index in [0.717, 1.165) is 12.8 Å². The number of unbranched alkanes of at least 4 members (excludes halogenated alkanes) is 1. The van der Waals surface area contributed by atoms with E-state index in [1.807, 2.05) is 13.8 Å². The van der Waals surface area contributed by atoms with E-state index in [4.69, 9.17) is 5.11 Å². The lowest BCUT2D eigenvalue weighted by molar-refractivity contribution is -0.143. The van der Waals surface area contributed by atoms with Gasteiger partial charge in [-0.25, -0.2) is 0 Å². The summed E-state index contributed by atoms with van der Waals surface area (Å²) in [6, 6.07) is -0.146. The van der Waals surface area contributed by atoms with Crippen LogP contribution in [0.5, 0.6) is 0 Å². The van der Waals surface area contributed by atoms with Crippen LogP contribution in [-0.4, -0.2) is 34.5 Å². The van der Waals surface area contributed by atoms with Crippen molar-refractivity contribution in [2.45, 2.75) is 45.6 Å². The number of nitrogens with zero attached hydrogens (tertiary/aromatic N) is 1. The third-order valence-corrected chi connectivity index (χ3v) is 3.14. The number of aliphatic carboxylic acids is 1. The summed E-state index contributed by atoms with van der Waals surface area (Å²) >= 11 is 0. The van der Waals surface area contributed by atoms with Crippen LogP contribution < -0.4 is 0 Å². The van der Waals surface area contributed by atoms with Gasteiger partial charge in [-0.15, -0.1) is 0 Å². The maximum Gasteiger partial charge on any atom is 0.308 e. The van der Waals surface area contributed by atoms with Gasteiger partial charge in [-0.2, -0.15) is 0 Å². The molecule has 1 fully saturated rings. The minimum absolute atomic E-state index is 0.105. The minimum Gasteiger partial charge on any atom is -0.481 e. The van der Waals surface area contributed by atoms with Crippen molar-refractivity contribution < 1.29 is 14.7 Å². The molecule has 86 valence electrons. The highest BCUT2D eigenvalue weighted by molar-refractivity contribution is 5.79. The van der Waals surface area contributed by atoms with E-state index in [1.165, 1.54) is 0 Å². The summed E-state index contributed by atoms with van der Waals surface area (Å²) in [5.74, 6) is -1.06. The molecule has 4 nitrogen and oxygen atoms in total. The Morgan fingerprint density at radius 1 is 1.47 bits per heavy atom. The molecule has 15 heavy (non-hydrogen) atoms. The zero-order chi connectivity index (χ0) is 11.4. The second-order valence-electron chi connectivity index (χ2n) is 4.16. The summed E-state index contributed by atoms with van der Waals surface area (Å²) in [4.78, 5) is 24.3. The molecule has 0 aromatic carbocycles. The van der Waals surface area contributed by atoms with Gasteiger partial charge in [-0.1, -0.05) is 13.3 Å². The molecule has 1 amide bonds. The topological polar surface area (TPSA) is 57.6 Å². The molecule has 0 aromatic rings. The molecule has 4 heteroatoms. The number of hydrogen-bond donors (Lipinski definition) is 1. The van der Waals surface area contributed by atoms with Gasteiger partial charge in [0.05, 0.1) is 5.92 Å². The number of hydrogen-bond acceptors (Lipinski definition) is 2. The van der Waals surface area contributed by atoms with Crippen LogP contribution >= 0.6 is 0 Å². The first-order valence-electron chi connectivity index (χ1n) is 5.60. The van der Waals surface area contributed by atoms with Crippen molar-refractivity contribution in [2.24, 2.45) is 5.92 Å². The van der Waals surface area contributed by atoms with Gasteiger partial charge >= 0.3 is 5.97 Å². The highest BCUT2D eigenvalue weighted by atomic mass is 16.4. The summed E-state index contributed by atoms with van der Waals surface area (Å²) in [5.41, 5.74) is 0. The third kappa shape index (κ3) is 2.70. The van der Waals surface area contributed by atoms with Gasteiger partial charge in [-0.3, -0.25) is 9.59 Å². The Bertz CT molecular complexity index is 252. The maximum absolute atomic E-state index is 11.7. The van der Waals surface area contributed by atoms with E-state index in [1.54, 1.807) is 4.90 Å². The molecule has 1 aliphatic heterocycles. The Labute approximate surface area is 90.3 Å². The molecule has 0 aromatic heterocycles. The molecule has 1 aliphatic rings. The second kappa shape index (κ2) is 5.14. The predicted molar refractivity (Wildman–Crippen MR) is 56.4 cm³/mol. The fraction of sp³-hybridized carbons (Fsp3) is 0.818. The molecule has 0 bridgehead atoms. The van der Waals surface area contributed by atoms with E-state index in [-0.39, 0.29) is 17.9 Å². The number of likely N-dealkylation sites (tertiary alicyclic amines) is 1. The Morgan fingerprint density at radius 2 is 2.13 bits per heavy atom. The van der Waals surface area contributed by atoms with Gasteiger partial charge in [-0.05, 0) is 19.8 Å². The van der Waals surface area contributed by atoms with Gasteiger partial charge in [0.2, 0.25) is 5.91 Å². The number of carbonyl (C=O) groups excluding carboxylic acids is 1. The molecule has 0 radical (unpaired) electrons. The Hall–Kier alpha value is -1.06. The number of amides is 1. The molecule has 2 unspecified atom stereocenters. The monoisotopic (exact) mass is 213 g/mol. The molecule has 0 aliphatic carbocycles. The first-order valence-corrected chi connectivity index (χ1v) is 5.60. The lowest BCUT2D eigenvalue weighted by Crippen LogP contribution is -2.37. The molecule has 1 N–H and O–H groups in total. The molecule has 1 rings (SSSR count). The van der Waals surface area contributed by atoms with Gasteiger partial charge in [0.15, 0.2) is 0 Å². The van der Waals surface area contributed by atoms with E-state index in [9.17, 15) is 9.59 Å². The van der Waals surface area contributed by atoms with Crippen molar-refractivity contribution in [3.63, 3.8) is 0 Å². The quantitative estimate of drug-likeness (QED) is 0.769. The lowest BCUT2D eigenvalue weighted by atomic mass is 10.0. The predicted octanol–water partition coefficient (Wildman–Crippen LogP) is 1.50. The smallest absolute Gasteiger partial charge is 0.308 e. The van der Waals surface area contributed by atoms with Crippen LogP contribution in [0, 0.1) is 5.92 Å². The summed E-state index contributed by atoms with van der Waals surface area (Å²) in [6.07, 6.45) is 3.03. The van der Waals surface area contributed by atoms with E-state index < -0.39 is 5.97 Å².